The maximum absolute atomic E-state index is 11.8. The molecule has 5 nitrogen and oxygen atoms in total. The van der Waals surface area contributed by atoms with Gasteiger partial charge in [0, 0.05) is 18.1 Å². The van der Waals surface area contributed by atoms with Gasteiger partial charge < -0.3 is 14.9 Å². The molecule has 0 aromatic heterocycles. The molecule has 21 heavy (non-hydrogen) atoms. The first-order valence-corrected chi connectivity index (χ1v) is 8.42. The second kappa shape index (κ2) is 5.86. The molecule has 3 fully saturated rings. The lowest BCUT2D eigenvalue weighted by Crippen LogP contribution is -2.53. The summed E-state index contributed by atoms with van der Waals surface area (Å²) in [6, 6.07) is 1.60. The van der Waals surface area contributed by atoms with Crippen LogP contribution in [-0.2, 0) is 4.79 Å². The molecule has 2 aliphatic carbocycles. The summed E-state index contributed by atoms with van der Waals surface area (Å²) >= 11 is 0. The second-order valence-electron chi connectivity index (χ2n) is 7.43. The van der Waals surface area contributed by atoms with Crippen molar-refractivity contribution < 1.29 is 9.90 Å². The van der Waals surface area contributed by atoms with E-state index < -0.39 is 11.5 Å². The Morgan fingerprint density at radius 1 is 1.19 bits per heavy atom. The molecular weight excluding hydrogens is 266 g/mol. The second-order valence-corrected chi connectivity index (χ2v) is 7.43. The standard InChI is InChI=1S/C16H29N3O2/c1-18(2)13-6-9-19(10-7-13)14-5-8-16(11-14,15(20)21)17-12-3-4-12/h12-14,17H,3-11H2,1-2H3,(H,20,21). The molecule has 1 aliphatic heterocycles. The molecule has 0 spiro atoms. The van der Waals surface area contributed by atoms with Crippen LogP contribution < -0.4 is 5.32 Å². The molecule has 3 rings (SSSR count). The summed E-state index contributed by atoms with van der Waals surface area (Å²) in [5.74, 6) is -0.639. The van der Waals surface area contributed by atoms with Crippen LogP contribution >= 0.6 is 0 Å². The third kappa shape index (κ3) is 3.25. The predicted octanol–water partition coefficient (Wildman–Crippen LogP) is 1.14. The van der Waals surface area contributed by atoms with Gasteiger partial charge in [-0.1, -0.05) is 0 Å². The zero-order valence-electron chi connectivity index (χ0n) is 13.3. The van der Waals surface area contributed by atoms with E-state index in [1.165, 1.54) is 12.8 Å². The van der Waals surface area contributed by atoms with Gasteiger partial charge in [0.1, 0.15) is 5.54 Å². The van der Waals surface area contributed by atoms with Crippen LogP contribution in [0.25, 0.3) is 0 Å². The van der Waals surface area contributed by atoms with Crippen molar-refractivity contribution in [2.75, 3.05) is 27.2 Å². The molecule has 3 aliphatic rings. The zero-order valence-corrected chi connectivity index (χ0v) is 13.3. The summed E-state index contributed by atoms with van der Waals surface area (Å²) in [5.41, 5.74) is -0.649. The molecule has 2 N–H and O–H groups in total. The van der Waals surface area contributed by atoms with Crippen molar-refractivity contribution in [3.63, 3.8) is 0 Å². The van der Waals surface area contributed by atoms with E-state index in [9.17, 15) is 9.90 Å². The highest BCUT2D eigenvalue weighted by atomic mass is 16.4. The van der Waals surface area contributed by atoms with E-state index in [0.29, 0.717) is 18.1 Å². The fourth-order valence-corrected chi connectivity index (χ4v) is 4.10. The quantitative estimate of drug-likeness (QED) is 0.796. The van der Waals surface area contributed by atoms with Crippen LogP contribution in [0, 0.1) is 0 Å². The number of carbonyl (C=O) groups is 1. The predicted molar refractivity (Wildman–Crippen MR) is 82.4 cm³/mol. The molecule has 2 unspecified atom stereocenters. The number of piperidine rings is 1. The van der Waals surface area contributed by atoms with Crippen LogP contribution in [0.4, 0.5) is 0 Å². The van der Waals surface area contributed by atoms with E-state index in [4.69, 9.17) is 0 Å². The van der Waals surface area contributed by atoms with Gasteiger partial charge in [-0.15, -0.1) is 0 Å². The van der Waals surface area contributed by atoms with Crippen molar-refractivity contribution in [3.05, 3.63) is 0 Å². The lowest BCUT2D eigenvalue weighted by molar-refractivity contribution is -0.145. The van der Waals surface area contributed by atoms with Crippen molar-refractivity contribution in [1.82, 2.24) is 15.1 Å². The summed E-state index contributed by atoms with van der Waals surface area (Å²) in [5, 5.41) is 13.1. The van der Waals surface area contributed by atoms with Crippen molar-refractivity contribution in [2.24, 2.45) is 0 Å². The van der Waals surface area contributed by atoms with Gasteiger partial charge in [0.05, 0.1) is 0 Å². The van der Waals surface area contributed by atoms with Gasteiger partial charge in [0.2, 0.25) is 0 Å². The number of carboxylic acid groups (broad SMARTS) is 1. The highest BCUT2D eigenvalue weighted by molar-refractivity contribution is 5.79. The molecule has 0 amide bonds. The Kier molecular flexibility index (Phi) is 4.26. The number of nitrogens with zero attached hydrogens (tertiary/aromatic N) is 2. The van der Waals surface area contributed by atoms with E-state index in [1.807, 2.05) is 0 Å². The van der Waals surface area contributed by atoms with E-state index in [-0.39, 0.29) is 0 Å². The Balaban J connectivity index is 1.57. The smallest absolute Gasteiger partial charge is 0.323 e. The lowest BCUT2D eigenvalue weighted by atomic mass is 9.96. The molecule has 2 saturated carbocycles. The first kappa shape index (κ1) is 15.3. The molecule has 2 atom stereocenters. The average molecular weight is 295 g/mol. The molecular formula is C16H29N3O2. The molecule has 120 valence electrons. The van der Waals surface area contributed by atoms with Gasteiger partial charge in [-0.3, -0.25) is 10.1 Å². The number of nitrogens with one attached hydrogen (secondary N) is 1. The van der Waals surface area contributed by atoms with Gasteiger partial charge in [0.25, 0.3) is 0 Å². The highest BCUT2D eigenvalue weighted by Gasteiger charge is 2.49. The third-order valence-corrected chi connectivity index (χ3v) is 5.70. The normalized spacial score (nSPS) is 35.5. The summed E-state index contributed by atoms with van der Waals surface area (Å²) in [6.45, 7) is 2.24. The van der Waals surface area contributed by atoms with Crippen molar-refractivity contribution in [1.29, 1.82) is 0 Å². The first-order chi connectivity index (χ1) is 10.00. The fourth-order valence-electron chi connectivity index (χ4n) is 4.10. The van der Waals surface area contributed by atoms with E-state index in [2.05, 4.69) is 29.2 Å². The minimum Gasteiger partial charge on any atom is -0.480 e. The molecule has 0 aromatic rings. The van der Waals surface area contributed by atoms with Gasteiger partial charge in [-0.25, -0.2) is 0 Å². The lowest BCUT2D eigenvalue weighted by Gasteiger charge is -2.39. The van der Waals surface area contributed by atoms with Gasteiger partial charge >= 0.3 is 5.97 Å². The molecule has 0 radical (unpaired) electrons. The van der Waals surface area contributed by atoms with Crippen LogP contribution in [-0.4, -0.2) is 71.7 Å². The van der Waals surface area contributed by atoms with E-state index in [1.54, 1.807) is 0 Å². The Labute approximate surface area is 127 Å². The molecule has 0 aromatic carbocycles. The highest BCUT2D eigenvalue weighted by Crippen LogP contribution is 2.37. The number of hydrogen-bond donors (Lipinski definition) is 2. The Bertz CT molecular complexity index is 389. The van der Waals surface area contributed by atoms with Crippen LogP contribution in [0.1, 0.15) is 44.9 Å². The van der Waals surface area contributed by atoms with Gasteiger partial charge in [-0.05, 0) is 72.1 Å². The van der Waals surface area contributed by atoms with Gasteiger partial charge in [0.15, 0.2) is 0 Å². The van der Waals surface area contributed by atoms with Crippen LogP contribution in [0.3, 0.4) is 0 Å². The zero-order chi connectivity index (χ0) is 15.0. The van der Waals surface area contributed by atoms with Crippen LogP contribution in [0.15, 0.2) is 0 Å². The van der Waals surface area contributed by atoms with Crippen LogP contribution in [0.5, 0.6) is 0 Å². The SMILES string of the molecule is CN(C)C1CCN(C2CCC(NC3CC3)(C(=O)O)C2)CC1. The van der Waals surface area contributed by atoms with Crippen molar-refractivity contribution >= 4 is 5.97 Å². The number of hydrogen-bond acceptors (Lipinski definition) is 4. The summed E-state index contributed by atoms with van der Waals surface area (Å²) < 4.78 is 0. The number of likely N-dealkylation sites (tertiary alicyclic amines) is 1. The monoisotopic (exact) mass is 295 g/mol. The number of carboxylic acids is 1. The summed E-state index contributed by atoms with van der Waals surface area (Å²) in [7, 11) is 4.32. The third-order valence-electron chi connectivity index (χ3n) is 5.70. The van der Waals surface area contributed by atoms with Crippen LogP contribution in [0.2, 0.25) is 0 Å². The Hall–Kier alpha value is -0.650. The average Bonchev–Trinajstić information content (AvgIpc) is 3.15. The number of rotatable bonds is 5. The minimum absolute atomic E-state index is 0.454. The maximum atomic E-state index is 11.8. The maximum Gasteiger partial charge on any atom is 0.323 e. The summed E-state index contributed by atoms with van der Waals surface area (Å²) in [4.78, 5) is 16.6. The number of aliphatic carboxylic acids is 1. The first-order valence-electron chi connectivity index (χ1n) is 8.42. The summed E-state index contributed by atoms with van der Waals surface area (Å²) in [6.07, 6.45) is 7.31. The van der Waals surface area contributed by atoms with Gasteiger partial charge in [-0.2, -0.15) is 0 Å². The molecule has 0 bridgehead atoms. The van der Waals surface area contributed by atoms with Crippen molar-refractivity contribution in [2.45, 2.75) is 68.6 Å². The molecule has 1 heterocycles. The largest absolute Gasteiger partial charge is 0.480 e. The Morgan fingerprint density at radius 3 is 2.38 bits per heavy atom. The van der Waals surface area contributed by atoms with E-state index in [0.717, 1.165) is 45.2 Å². The Morgan fingerprint density at radius 2 is 1.86 bits per heavy atom. The molecule has 5 heteroatoms. The fraction of sp³-hybridized carbons (Fsp3) is 0.938. The molecule has 1 saturated heterocycles. The topological polar surface area (TPSA) is 55.8 Å². The minimum atomic E-state index is -0.649. The van der Waals surface area contributed by atoms with E-state index >= 15 is 0 Å². The van der Waals surface area contributed by atoms with Crippen molar-refractivity contribution in [3.8, 4) is 0 Å².